The number of hydrogen-bond donors (Lipinski definition) is 0. The molecule has 1 aliphatic rings. The van der Waals surface area contributed by atoms with Crippen LogP contribution in [0.3, 0.4) is 0 Å². The first-order valence-electron chi connectivity index (χ1n) is 5.27. The Morgan fingerprint density at radius 1 is 1.42 bits per heavy atom. The second kappa shape index (κ2) is 4.11. The summed E-state index contributed by atoms with van der Waals surface area (Å²) in [5.41, 5.74) is 1.52. The van der Waals surface area contributed by atoms with Crippen LogP contribution in [0, 0.1) is 17.8 Å². The van der Waals surface area contributed by atoms with E-state index in [0.717, 1.165) is 17.8 Å². The van der Waals surface area contributed by atoms with Crippen LogP contribution in [-0.2, 0) is 0 Å². The fourth-order valence-corrected chi connectivity index (χ4v) is 2.26. The van der Waals surface area contributed by atoms with Crippen molar-refractivity contribution in [1.82, 2.24) is 0 Å². The molecule has 1 rings (SSSR count). The fraction of sp³-hybridized carbons (Fsp3) is 0.833. The second-order valence-corrected chi connectivity index (χ2v) is 4.87. The zero-order chi connectivity index (χ0) is 9.14. The molecule has 12 heavy (non-hydrogen) atoms. The average molecular weight is 166 g/mol. The van der Waals surface area contributed by atoms with Gasteiger partial charge in [0.1, 0.15) is 0 Å². The van der Waals surface area contributed by atoms with Gasteiger partial charge in [-0.05, 0) is 43.4 Å². The summed E-state index contributed by atoms with van der Waals surface area (Å²) in [5.74, 6) is 2.56. The predicted octanol–water partition coefficient (Wildman–Crippen LogP) is 4.02. The van der Waals surface area contributed by atoms with Crippen LogP contribution in [0.4, 0.5) is 0 Å². The quantitative estimate of drug-likeness (QED) is 0.543. The maximum atomic E-state index is 4.20. The number of hydrogen-bond acceptors (Lipinski definition) is 0. The molecule has 0 amide bonds. The summed E-state index contributed by atoms with van der Waals surface area (Å²) in [7, 11) is 0. The summed E-state index contributed by atoms with van der Waals surface area (Å²) in [6.07, 6.45) is 5.43. The normalized spacial score (nSPS) is 31.2. The van der Waals surface area contributed by atoms with Gasteiger partial charge in [0.2, 0.25) is 0 Å². The van der Waals surface area contributed by atoms with Crippen molar-refractivity contribution in [1.29, 1.82) is 0 Å². The molecule has 1 saturated carbocycles. The minimum atomic E-state index is 0.833. The lowest BCUT2D eigenvalue weighted by Gasteiger charge is -2.29. The predicted molar refractivity (Wildman–Crippen MR) is 55.1 cm³/mol. The first-order valence-corrected chi connectivity index (χ1v) is 5.27. The van der Waals surface area contributed by atoms with Gasteiger partial charge in [-0.25, -0.2) is 0 Å². The van der Waals surface area contributed by atoms with E-state index in [1.807, 2.05) is 0 Å². The molecule has 1 aliphatic carbocycles. The van der Waals surface area contributed by atoms with Gasteiger partial charge in [-0.15, -0.1) is 0 Å². The summed E-state index contributed by atoms with van der Waals surface area (Å²) in [6, 6.07) is 0. The maximum absolute atomic E-state index is 4.20. The second-order valence-electron chi connectivity index (χ2n) is 4.87. The van der Waals surface area contributed by atoms with Gasteiger partial charge >= 0.3 is 0 Å². The van der Waals surface area contributed by atoms with Gasteiger partial charge in [0, 0.05) is 0 Å². The number of allylic oxidation sites excluding steroid dienone is 1. The lowest BCUT2D eigenvalue weighted by Crippen LogP contribution is -2.16. The largest absolute Gasteiger partial charge is 0.0996 e. The van der Waals surface area contributed by atoms with Crippen molar-refractivity contribution in [2.24, 2.45) is 17.8 Å². The van der Waals surface area contributed by atoms with Crippen LogP contribution in [-0.4, -0.2) is 0 Å². The monoisotopic (exact) mass is 166 g/mol. The SMILES string of the molecule is C=C1CC(C)CCC1CC(C)C. The molecular weight excluding hydrogens is 144 g/mol. The van der Waals surface area contributed by atoms with Gasteiger partial charge in [0.05, 0.1) is 0 Å². The number of rotatable bonds is 2. The van der Waals surface area contributed by atoms with Crippen molar-refractivity contribution in [2.45, 2.75) is 46.5 Å². The summed E-state index contributed by atoms with van der Waals surface area (Å²) in [6.45, 7) is 11.2. The minimum absolute atomic E-state index is 0.833. The van der Waals surface area contributed by atoms with Crippen molar-refractivity contribution in [3.05, 3.63) is 12.2 Å². The average Bonchev–Trinajstić information content (AvgIpc) is 1.94. The van der Waals surface area contributed by atoms with E-state index in [4.69, 9.17) is 0 Å². The first kappa shape index (κ1) is 9.83. The molecule has 0 nitrogen and oxygen atoms in total. The van der Waals surface area contributed by atoms with Crippen molar-refractivity contribution in [3.8, 4) is 0 Å². The molecule has 0 heterocycles. The Balaban J connectivity index is 2.40. The molecule has 2 atom stereocenters. The lowest BCUT2D eigenvalue weighted by molar-refractivity contribution is 0.329. The highest BCUT2D eigenvalue weighted by molar-refractivity contribution is 5.04. The van der Waals surface area contributed by atoms with E-state index in [2.05, 4.69) is 27.4 Å². The Bertz CT molecular complexity index is 155. The van der Waals surface area contributed by atoms with Crippen molar-refractivity contribution in [3.63, 3.8) is 0 Å². The Morgan fingerprint density at radius 2 is 2.08 bits per heavy atom. The molecule has 0 spiro atoms. The minimum Gasteiger partial charge on any atom is -0.0996 e. The third-order valence-corrected chi connectivity index (χ3v) is 2.95. The molecule has 70 valence electrons. The van der Waals surface area contributed by atoms with Crippen LogP contribution in [0.1, 0.15) is 46.5 Å². The lowest BCUT2D eigenvalue weighted by atomic mass is 9.76. The summed E-state index contributed by atoms with van der Waals surface area (Å²) >= 11 is 0. The maximum Gasteiger partial charge on any atom is -0.0203 e. The summed E-state index contributed by atoms with van der Waals surface area (Å²) in [5, 5.41) is 0. The standard InChI is InChI=1S/C12H22/c1-9(2)7-12-6-5-10(3)8-11(12)4/h9-10,12H,4-8H2,1-3H3. The highest BCUT2D eigenvalue weighted by atomic mass is 14.3. The van der Waals surface area contributed by atoms with E-state index in [1.165, 1.54) is 31.3 Å². The molecule has 0 radical (unpaired) electrons. The van der Waals surface area contributed by atoms with Crippen molar-refractivity contribution >= 4 is 0 Å². The molecule has 0 aliphatic heterocycles. The third-order valence-electron chi connectivity index (χ3n) is 2.95. The molecule has 1 fully saturated rings. The zero-order valence-corrected chi connectivity index (χ0v) is 8.77. The van der Waals surface area contributed by atoms with Crippen LogP contribution in [0.2, 0.25) is 0 Å². The van der Waals surface area contributed by atoms with Crippen molar-refractivity contribution in [2.75, 3.05) is 0 Å². The van der Waals surface area contributed by atoms with E-state index in [9.17, 15) is 0 Å². The van der Waals surface area contributed by atoms with Gasteiger partial charge < -0.3 is 0 Å². The van der Waals surface area contributed by atoms with E-state index < -0.39 is 0 Å². The molecule has 0 aromatic carbocycles. The van der Waals surface area contributed by atoms with Crippen LogP contribution in [0.15, 0.2) is 12.2 Å². The Morgan fingerprint density at radius 3 is 2.58 bits per heavy atom. The van der Waals surface area contributed by atoms with Crippen LogP contribution in [0.5, 0.6) is 0 Å². The van der Waals surface area contributed by atoms with E-state index in [1.54, 1.807) is 0 Å². The molecule has 0 heteroatoms. The molecule has 0 saturated heterocycles. The van der Waals surface area contributed by atoms with E-state index >= 15 is 0 Å². The molecule has 2 unspecified atom stereocenters. The molecule has 0 aromatic rings. The van der Waals surface area contributed by atoms with Crippen LogP contribution < -0.4 is 0 Å². The molecule has 0 aromatic heterocycles. The molecule has 0 bridgehead atoms. The Hall–Kier alpha value is -0.260. The highest BCUT2D eigenvalue weighted by Gasteiger charge is 2.21. The fourth-order valence-electron chi connectivity index (χ4n) is 2.26. The smallest absolute Gasteiger partial charge is 0.0203 e. The topological polar surface area (TPSA) is 0 Å². The first-order chi connectivity index (χ1) is 5.59. The van der Waals surface area contributed by atoms with Gasteiger partial charge in [-0.3, -0.25) is 0 Å². The molecule has 0 N–H and O–H groups in total. The Labute approximate surface area is 77.1 Å². The summed E-state index contributed by atoms with van der Waals surface area (Å²) in [4.78, 5) is 0. The zero-order valence-electron chi connectivity index (χ0n) is 8.77. The van der Waals surface area contributed by atoms with E-state index in [-0.39, 0.29) is 0 Å². The van der Waals surface area contributed by atoms with Gasteiger partial charge in [0.25, 0.3) is 0 Å². The summed E-state index contributed by atoms with van der Waals surface area (Å²) < 4.78 is 0. The van der Waals surface area contributed by atoms with Crippen LogP contribution >= 0.6 is 0 Å². The Kier molecular flexibility index (Phi) is 3.37. The highest BCUT2D eigenvalue weighted by Crippen LogP contribution is 2.35. The van der Waals surface area contributed by atoms with Gasteiger partial charge in [-0.1, -0.05) is 32.9 Å². The van der Waals surface area contributed by atoms with Crippen molar-refractivity contribution < 1.29 is 0 Å². The van der Waals surface area contributed by atoms with E-state index in [0.29, 0.717) is 0 Å². The van der Waals surface area contributed by atoms with Gasteiger partial charge in [0.15, 0.2) is 0 Å². The molecular formula is C12H22. The van der Waals surface area contributed by atoms with Gasteiger partial charge in [-0.2, -0.15) is 0 Å². The third kappa shape index (κ3) is 2.66. The van der Waals surface area contributed by atoms with Crippen LogP contribution in [0.25, 0.3) is 0 Å².